The van der Waals surface area contributed by atoms with Crippen molar-refractivity contribution in [3.05, 3.63) is 12.7 Å². The number of amides is 1. The first-order valence-corrected chi connectivity index (χ1v) is 8.12. The Morgan fingerprint density at radius 3 is 2.14 bits per heavy atom. The van der Waals surface area contributed by atoms with Gasteiger partial charge in [0, 0.05) is 5.41 Å². The van der Waals surface area contributed by atoms with Crippen LogP contribution in [-0.4, -0.2) is 23.5 Å². The molecule has 0 saturated carbocycles. The monoisotopic (exact) mass is 311 g/mol. The molecule has 0 aliphatic heterocycles. The fraction of sp³-hybridized carbons (Fsp3) is 0.778. The lowest BCUT2D eigenvalue weighted by Crippen LogP contribution is -2.47. The Morgan fingerprint density at radius 1 is 1.09 bits per heavy atom. The van der Waals surface area contributed by atoms with Crippen LogP contribution in [0.4, 0.5) is 4.79 Å². The van der Waals surface area contributed by atoms with Crippen molar-refractivity contribution in [2.24, 2.45) is 5.41 Å². The molecular formula is C18H33NO3. The van der Waals surface area contributed by atoms with E-state index in [2.05, 4.69) is 11.9 Å². The molecule has 1 amide bonds. The van der Waals surface area contributed by atoms with Crippen LogP contribution in [0.25, 0.3) is 0 Å². The summed E-state index contributed by atoms with van der Waals surface area (Å²) in [6.07, 6.45) is 5.99. The van der Waals surface area contributed by atoms with E-state index in [0.717, 1.165) is 25.7 Å². The van der Waals surface area contributed by atoms with Crippen molar-refractivity contribution in [2.75, 3.05) is 0 Å². The fourth-order valence-electron chi connectivity index (χ4n) is 2.06. The second-order valence-electron chi connectivity index (χ2n) is 7.74. The van der Waals surface area contributed by atoms with E-state index in [-0.39, 0.29) is 5.78 Å². The average molecular weight is 311 g/mol. The summed E-state index contributed by atoms with van der Waals surface area (Å²) in [5, 5.41) is 2.74. The molecule has 22 heavy (non-hydrogen) atoms. The van der Waals surface area contributed by atoms with Gasteiger partial charge in [0.15, 0.2) is 5.78 Å². The summed E-state index contributed by atoms with van der Waals surface area (Å²) in [6, 6.07) is -0.487. The van der Waals surface area contributed by atoms with Gasteiger partial charge in [0.05, 0.1) is 6.04 Å². The van der Waals surface area contributed by atoms with E-state index in [1.54, 1.807) is 0 Å². The van der Waals surface area contributed by atoms with Crippen LogP contribution in [0.3, 0.4) is 0 Å². The molecule has 1 atom stereocenters. The third-order valence-electron chi connectivity index (χ3n) is 3.15. The van der Waals surface area contributed by atoms with E-state index < -0.39 is 23.2 Å². The van der Waals surface area contributed by atoms with Gasteiger partial charge in [-0.05, 0) is 40.0 Å². The predicted molar refractivity (Wildman–Crippen MR) is 90.9 cm³/mol. The Kier molecular flexibility index (Phi) is 8.43. The first-order chi connectivity index (χ1) is 9.97. The average Bonchev–Trinajstić information content (AvgIpc) is 2.32. The van der Waals surface area contributed by atoms with Crippen molar-refractivity contribution in [2.45, 2.75) is 85.3 Å². The molecule has 0 heterocycles. The predicted octanol–water partition coefficient (Wildman–Crippen LogP) is 4.63. The van der Waals surface area contributed by atoms with Crippen LogP contribution < -0.4 is 5.32 Å². The zero-order valence-electron chi connectivity index (χ0n) is 15.1. The maximum Gasteiger partial charge on any atom is 0.408 e. The fourth-order valence-corrected chi connectivity index (χ4v) is 2.06. The van der Waals surface area contributed by atoms with Gasteiger partial charge in [-0.25, -0.2) is 4.79 Å². The van der Waals surface area contributed by atoms with Gasteiger partial charge < -0.3 is 10.1 Å². The molecule has 1 unspecified atom stereocenters. The highest BCUT2D eigenvalue weighted by molar-refractivity contribution is 5.91. The highest BCUT2D eigenvalue weighted by Gasteiger charge is 2.31. The molecule has 0 bridgehead atoms. The van der Waals surface area contributed by atoms with Gasteiger partial charge in [-0.15, -0.1) is 6.58 Å². The van der Waals surface area contributed by atoms with Gasteiger partial charge in [-0.1, -0.05) is 39.7 Å². The molecule has 0 radical (unpaired) electrons. The van der Waals surface area contributed by atoms with E-state index >= 15 is 0 Å². The molecule has 4 nitrogen and oxygen atoms in total. The van der Waals surface area contributed by atoms with Crippen molar-refractivity contribution in [1.29, 1.82) is 0 Å². The quantitative estimate of drug-likeness (QED) is 0.525. The zero-order chi connectivity index (χ0) is 17.4. The summed E-state index contributed by atoms with van der Waals surface area (Å²) >= 11 is 0. The lowest BCUT2D eigenvalue weighted by Gasteiger charge is -2.27. The number of unbranched alkanes of at least 4 members (excludes halogenated alkanes) is 3. The SMILES string of the molecule is C=CCCCCCC(NC(=O)OC(C)(C)C)C(=O)C(C)(C)C. The van der Waals surface area contributed by atoms with Gasteiger partial charge in [-0.2, -0.15) is 0 Å². The number of rotatable bonds is 8. The normalized spacial score (nSPS) is 13.4. The Balaban J connectivity index is 4.62. The number of nitrogens with one attached hydrogen (secondary N) is 1. The summed E-state index contributed by atoms with van der Waals surface area (Å²) < 4.78 is 5.26. The molecule has 128 valence electrons. The molecule has 0 aromatic carbocycles. The summed E-state index contributed by atoms with van der Waals surface area (Å²) in [5.74, 6) is 0.0436. The minimum atomic E-state index is -0.566. The molecule has 4 heteroatoms. The number of carbonyl (C=O) groups excluding carboxylic acids is 2. The molecule has 1 N–H and O–H groups in total. The molecule has 0 aromatic rings. The molecule has 0 fully saturated rings. The molecule has 0 aliphatic carbocycles. The van der Waals surface area contributed by atoms with Gasteiger partial charge in [0.2, 0.25) is 0 Å². The lowest BCUT2D eigenvalue weighted by molar-refractivity contribution is -0.128. The minimum absolute atomic E-state index is 0.0436. The molecular weight excluding hydrogens is 278 g/mol. The highest BCUT2D eigenvalue weighted by Crippen LogP contribution is 2.20. The van der Waals surface area contributed by atoms with Crippen molar-refractivity contribution in [1.82, 2.24) is 5.32 Å². The van der Waals surface area contributed by atoms with Crippen molar-refractivity contribution < 1.29 is 14.3 Å². The number of carbonyl (C=O) groups is 2. The standard InChI is InChI=1S/C18H33NO3/c1-8-9-10-11-12-13-14(15(20)17(2,3)4)19-16(21)22-18(5,6)7/h8,14H,1,9-13H2,2-7H3,(H,19,21). The van der Waals surface area contributed by atoms with E-state index in [0.29, 0.717) is 6.42 Å². The first kappa shape index (κ1) is 20.7. The van der Waals surface area contributed by atoms with Crippen LogP contribution in [0.2, 0.25) is 0 Å². The second kappa shape index (κ2) is 8.96. The molecule has 0 aliphatic rings. The number of hydrogen-bond donors (Lipinski definition) is 1. The first-order valence-electron chi connectivity index (χ1n) is 8.12. The summed E-state index contributed by atoms with van der Waals surface area (Å²) in [4.78, 5) is 24.4. The van der Waals surface area contributed by atoms with E-state index in [4.69, 9.17) is 4.74 Å². The Labute approximate surface area is 135 Å². The third-order valence-corrected chi connectivity index (χ3v) is 3.15. The maximum atomic E-state index is 12.5. The largest absolute Gasteiger partial charge is 0.444 e. The van der Waals surface area contributed by atoms with Crippen LogP contribution >= 0.6 is 0 Å². The second-order valence-corrected chi connectivity index (χ2v) is 7.74. The molecule has 0 rings (SSSR count). The third kappa shape index (κ3) is 9.59. The summed E-state index contributed by atoms with van der Waals surface area (Å²) in [5.41, 5.74) is -1.05. The summed E-state index contributed by atoms with van der Waals surface area (Å²) in [6.45, 7) is 14.7. The zero-order valence-corrected chi connectivity index (χ0v) is 15.1. The van der Waals surface area contributed by atoms with Crippen LogP contribution in [0.15, 0.2) is 12.7 Å². The Bertz CT molecular complexity index is 375. The van der Waals surface area contributed by atoms with Gasteiger partial charge >= 0.3 is 6.09 Å². The van der Waals surface area contributed by atoms with Crippen LogP contribution in [-0.2, 0) is 9.53 Å². The number of alkyl carbamates (subject to hydrolysis) is 1. The number of allylic oxidation sites excluding steroid dienone is 1. The maximum absolute atomic E-state index is 12.5. The summed E-state index contributed by atoms with van der Waals surface area (Å²) in [7, 11) is 0. The van der Waals surface area contributed by atoms with Crippen LogP contribution in [0.1, 0.15) is 73.6 Å². The number of Topliss-reactive ketones (excluding diaryl/α,β-unsaturated/α-hetero) is 1. The van der Waals surface area contributed by atoms with Crippen molar-refractivity contribution in [3.8, 4) is 0 Å². The number of ether oxygens (including phenoxy) is 1. The highest BCUT2D eigenvalue weighted by atomic mass is 16.6. The Hall–Kier alpha value is -1.32. The molecule has 0 aromatic heterocycles. The van der Waals surface area contributed by atoms with E-state index in [1.807, 2.05) is 47.6 Å². The number of ketones is 1. The number of hydrogen-bond acceptors (Lipinski definition) is 3. The minimum Gasteiger partial charge on any atom is -0.444 e. The smallest absolute Gasteiger partial charge is 0.408 e. The van der Waals surface area contributed by atoms with Gasteiger partial charge in [0.25, 0.3) is 0 Å². The molecule has 0 saturated heterocycles. The van der Waals surface area contributed by atoms with Gasteiger partial charge in [0.1, 0.15) is 5.60 Å². The Morgan fingerprint density at radius 2 is 1.68 bits per heavy atom. The van der Waals surface area contributed by atoms with Crippen molar-refractivity contribution in [3.63, 3.8) is 0 Å². The van der Waals surface area contributed by atoms with Crippen molar-refractivity contribution >= 4 is 11.9 Å². The van der Waals surface area contributed by atoms with Crippen LogP contribution in [0.5, 0.6) is 0 Å². The van der Waals surface area contributed by atoms with E-state index in [9.17, 15) is 9.59 Å². The topological polar surface area (TPSA) is 55.4 Å². The van der Waals surface area contributed by atoms with Crippen LogP contribution in [0, 0.1) is 5.41 Å². The lowest BCUT2D eigenvalue weighted by atomic mass is 9.84. The molecule has 0 spiro atoms. The van der Waals surface area contributed by atoms with E-state index in [1.165, 1.54) is 0 Å². The van der Waals surface area contributed by atoms with Gasteiger partial charge in [-0.3, -0.25) is 4.79 Å².